The lowest BCUT2D eigenvalue weighted by molar-refractivity contribution is 0.181. The first-order valence-corrected chi connectivity index (χ1v) is 4.97. The lowest BCUT2D eigenvalue weighted by Gasteiger charge is -2.14. The number of halogens is 1. The van der Waals surface area contributed by atoms with Crippen molar-refractivity contribution in [1.29, 1.82) is 0 Å². The maximum absolute atomic E-state index is 11.3. The molecule has 0 bridgehead atoms. The summed E-state index contributed by atoms with van der Waals surface area (Å²) in [5.41, 5.74) is 7.05. The number of carbonyl (C=O) groups excluding carboxylic acids is 1. The average Bonchev–Trinajstić information content (AvgIpc) is 2.52. The van der Waals surface area contributed by atoms with E-state index in [0.29, 0.717) is 18.8 Å². The average molecular weight is 257 g/mol. The fourth-order valence-electron chi connectivity index (χ4n) is 1.35. The molecule has 2 rings (SSSR count). The molecule has 1 amide bonds. The molecule has 0 saturated carbocycles. The van der Waals surface area contributed by atoms with Crippen LogP contribution >= 0.6 is 15.9 Å². The number of nitrogens with two attached hydrogens (primary N) is 1. The van der Waals surface area contributed by atoms with Crippen LogP contribution in [0.4, 0.5) is 16.2 Å². The van der Waals surface area contributed by atoms with Gasteiger partial charge in [-0.1, -0.05) is 0 Å². The van der Waals surface area contributed by atoms with Gasteiger partial charge in [-0.15, -0.1) is 0 Å². The van der Waals surface area contributed by atoms with Crippen LogP contribution < -0.4 is 10.6 Å². The van der Waals surface area contributed by atoms with Gasteiger partial charge in [0.15, 0.2) is 0 Å². The largest absolute Gasteiger partial charge is 0.447 e. The highest BCUT2D eigenvalue weighted by molar-refractivity contribution is 9.10. The Morgan fingerprint density at radius 2 is 2.29 bits per heavy atom. The summed E-state index contributed by atoms with van der Waals surface area (Å²) in [7, 11) is 0. The van der Waals surface area contributed by atoms with E-state index < -0.39 is 0 Å². The molecule has 0 aliphatic carbocycles. The second kappa shape index (κ2) is 3.49. The predicted molar refractivity (Wildman–Crippen MR) is 57.2 cm³/mol. The Morgan fingerprint density at radius 3 is 2.86 bits per heavy atom. The highest BCUT2D eigenvalue weighted by Gasteiger charge is 2.24. The van der Waals surface area contributed by atoms with Crippen molar-refractivity contribution in [2.75, 3.05) is 23.8 Å². The molecule has 1 aromatic rings. The van der Waals surface area contributed by atoms with Crippen LogP contribution in [0.3, 0.4) is 0 Å². The Bertz CT molecular complexity index is 381. The van der Waals surface area contributed by atoms with Gasteiger partial charge in [0.1, 0.15) is 6.61 Å². The topological polar surface area (TPSA) is 55.6 Å². The van der Waals surface area contributed by atoms with E-state index in [0.717, 1.165) is 10.2 Å². The Hall–Kier alpha value is -1.23. The van der Waals surface area contributed by atoms with Gasteiger partial charge >= 0.3 is 6.09 Å². The first-order valence-electron chi connectivity index (χ1n) is 4.18. The number of rotatable bonds is 1. The Kier molecular flexibility index (Phi) is 2.33. The zero-order chi connectivity index (χ0) is 10.1. The van der Waals surface area contributed by atoms with Gasteiger partial charge in [-0.25, -0.2) is 4.79 Å². The van der Waals surface area contributed by atoms with E-state index in [2.05, 4.69) is 15.9 Å². The van der Waals surface area contributed by atoms with Crippen LogP contribution in [0, 0.1) is 0 Å². The SMILES string of the molecule is Nc1ccc(N2CCOC2=O)c(Br)c1. The molecule has 0 aromatic heterocycles. The van der Waals surface area contributed by atoms with E-state index in [1.807, 2.05) is 0 Å². The molecule has 2 N–H and O–H groups in total. The summed E-state index contributed by atoms with van der Waals surface area (Å²) >= 11 is 3.36. The summed E-state index contributed by atoms with van der Waals surface area (Å²) in [6.45, 7) is 1.02. The third-order valence-corrected chi connectivity index (χ3v) is 2.66. The van der Waals surface area contributed by atoms with E-state index in [9.17, 15) is 4.79 Å². The third-order valence-electron chi connectivity index (χ3n) is 2.02. The summed E-state index contributed by atoms with van der Waals surface area (Å²) in [6, 6.07) is 5.32. The molecule has 1 saturated heterocycles. The highest BCUT2D eigenvalue weighted by Crippen LogP contribution is 2.29. The Balaban J connectivity index is 2.36. The highest BCUT2D eigenvalue weighted by atomic mass is 79.9. The van der Waals surface area contributed by atoms with Gasteiger partial charge in [-0.05, 0) is 34.1 Å². The minimum atomic E-state index is -0.310. The molecule has 1 heterocycles. The van der Waals surface area contributed by atoms with Crippen molar-refractivity contribution in [1.82, 2.24) is 0 Å². The van der Waals surface area contributed by atoms with Gasteiger partial charge in [0.25, 0.3) is 0 Å². The van der Waals surface area contributed by atoms with Crippen molar-refractivity contribution in [2.45, 2.75) is 0 Å². The summed E-state index contributed by atoms with van der Waals surface area (Å²) < 4.78 is 5.64. The number of ether oxygens (including phenoxy) is 1. The number of amides is 1. The smallest absolute Gasteiger partial charge is 0.414 e. The number of nitrogens with zero attached hydrogens (tertiary/aromatic N) is 1. The minimum absolute atomic E-state index is 0.310. The van der Waals surface area contributed by atoms with E-state index in [1.165, 1.54) is 0 Å². The molecule has 4 nitrogen and oxygen atoms in total. The maximum atomic E-state index is 11.3. The summed E-state index contributed by atoms with van der Waals surface area (Å²) in [4.78, 5) is 12.8. The summed E-state index contributed by atoms with van der Waals surface area (Å²) in [6.07, 6.45) is -0.310. The van der Waals surface area contributed by atoms with Crippen molar-refractivity contribution >= 4 is 33.4 Å². The van der Waals surface area contributed by atoms with E-state index in [-0.39, 0.29) is 6.09 Å². The summed E-state index contributed by atoms with van der Waals surface area (Å²) in [5, 5.41) is 0. The molecule has 5 heteroatoms. The molecule has 0 atom stereocenters. The lowest BCUT2D eigenvalue weighted by Crippen LogP contribution is -2.23. The van der Waals surface area contributed by atoms with Crippen molar-refractivity contribution in [2.24, 2.45) is 0 Å². The fourth-order valence-corrected chi connectivity index (χ4v) is 1.96. The quantitative estimate of drug-likeness (QED) is 0.782. The number of hydrogen-bond donors (Lipinski definition) is 1. The monoisotopic (exact) mass is 256 g/mol. The first kappa shape index (κ1) is 9.33. The molecular formula is C9H9BrN2O2. The number of nitrogen functional groups attached to an aromatic ring is 1. The number of anilines is 2. The standard InChI is InChI=1S/C9H9BrN2O2/c10-7-5-6(11)1-2-8(7)12-3-4-14-9(12)13/h1-2,5H,3-4,11H2. The number of cyclic esters (lactones) is 1. The minimum Gasteiger partial charge on any atom is -0.447 e. The van der Waals surface area contributed by atoms with Crippen LogP contribution in [0.5, 0.6) is 0 Å². The molecule has 0 unspecified atom stereocenters. The maximum Gasteiger partial charge on any atom is 0.414 e. The van der Waals surface area contributed by atoms with Crippen LogP contribution in [0.2, 0.25) is 0 Å². The first-order chi connectivity index (χ1) is 6.68. The van der Waals surface area contributed by atoms with Gasteiger partial charge in [-0.3, -0.25) is 4.90 Å². The molecule has 0 radical (unpaired) electrons. The van der Waals surface area contributed by atoms with Crippen molar-refractivity contribution in [3.63, 3.8) is 0 Å². The third kappa shape index (κ3) is 1.55. The molecule has 1 aromatic carbocycles. The molecule has 1 aliphatic heterocycles. The van der Waals surface area contributed by atoms with Gasteiger partial charge < -0.3 is 10.5 Å². The molecule has 1 aliphatic rings. The van der Waals surface area contributed by atoms with E-state index >= 15 is 0 Å². The lowest BCUT2D eigenvalue weighted by atomic mass is 10.2. The van der Waals surface area contributed by atoms with Crippen LogP contribution in [0.25, 0.3) is 0 Å². The van der Waals surface area contributed by atoms with Gasteiger partial charge in [-0.2, -0.15) is 0 Å². The van der Waals surface area contributed by atoms with Gasteiger partial charge in [0.2, 0.25) is 0 Å². The summed E-state index contributed by atoms with van der Waals surface area (Å²) in [5.74, 6) is 0. The second-order valence-corrected chi connectivity index (χ2v) is 3.83. The number of benzene rings is 1. The second-order valence-electron chi connectivity index (χ2n) is 2.98. The van der Waals surface area contributed by atoms with Crippen LogP contribution in [-0.4, -0.2) is 19.2 Å². The van der Waals surface area contributed by atoms with E-state index in [4.69, 9.17) is 10.5 Å². The normalized spacial score (nSPS) is 15.8. The predicted octanol–water partition coefficient (Wildman–Crippen LogP) is 1.99. The number of carbonyl (C=O) groups is 1. The molecule has 0 spiro atoms. The molecule has 14 heavy (non-hydrogen) atoms. The van der Waals surface area contributed by atoms with Gasteiger partial charge in [0, 0.05) is 10.2 Å². The number of hydrogen-bond acceptors (Lipinski definition) is 3. The van der Waals surface area contributed by atoms with Crippen LogP contribution in [-0.2, 0) is 4.74 Å². The Morgan fingerprint density at radius 1 is 1.50 bits per heavy atom. The van der Waals surface area contributed by atoms with Crippen molar-refractivity contribution < 1.29 is 9.53 Å². The fraction of sp³-hybridized carbons (Fsp3) is 0.222. The molecular weight excluding hydrogens is 248 g/mol. The van der Waals surface area contributed by atoms with Crippen molar-refractivity contribution in [3.8, 4) is 0 Å². The molecule has 74 valence electrons. The van der Waals surface area contributed by atoms with Crippen LogP contribution in [0.1, 0.15) is 0 Å². The van der Waals surface area contributed by atoms with E-state index in [1.54, 1.807) is 23.1 Å². The van der Waals surface area contributed by atoms with Gasteiger partial charge in [0.05, 0.1) is 12.2 Å². The zero-order valence-corrected chi connectivity index (χ0v) is 8.95. The van der Waals surface area contributed by atoms with Crippen molar-refractivity contribution in [3.05, 3.63) is 22.7 Å². The molecule has 1 fully saturated rings. The Labute approximate surface area is 89.8 Å². The zero-order valence-electron chi connectivity index (χ0n) is 7.37. The van der Waals surface area contributed by atoms with Crippen LogP contribution in [0.15, 0.2) is 22.7 Å².